The highest BCUT2D eigenvalue weighted by Crippen LogP contribution is 2.20. The third-order valence-corrected chi connectivity index (χ3v) is 6.15. The molecule has 1 saturated heterocycles. The minimum Gasteiger partial charge on any atom is -0.300 e. The average Bonchev–Trinajstić information content (AvgIpc) is 2.53. The summed E-state index contributed by atoms with van der Waals surface area (Å²) in [5.41, 5.74) is 1.23. The van der Waals surface area contributed by atoms with Crippen LogP contribution in [0.4, 0.5) is 0 Å². The van der Waals surface area contributed by atoms with Crippen molar-refractivity contribution in [1.29, 1.82) is 0 Å². The van der Waals surface area contributed by atoms with E-state index in [0.29, 0.717) is 12.6 Å². The van der Waals surface area contributed by atoms with E-state index in [4.69, 9.17) is 0 Å². The Morgan fingerprint density at radius 1 is 1.27 bits per heavy atom. The molecule has 1 unspecified atom stereocenters. The largest absolute Gasteiger partial charge is 0.300 e. The third-order valence-electron chi connectivity index (χ3n) is 4.34. The van der Waals surface area contributed by atoms with Crippen molar-refractivity contribution in [3.63, 3.8) is 0 Å². The summed E-state index contributed by atoms with van der Waals surface area (Å²) >= 11 is 0. The molecule has 6 nitrogen and oxygen atoms in total. The number of piperazine rings is 1. The van der Waals surface area contributed by atoms with Crippen LogP contribution in [0.5, 0.6) is 0 Å². The van der Waals surface area contributed by atoms with E-state index in [-0.39, 0.29) is 5.75 Å². The van der Waals surface area contributed by atoms with Gasteiger partial charge in [-0.3, -0.25) is 14.8 Å². The molecule has 0 radical (unpaired) electrons. The van der Waals surface area contributed by atoms with E-state index in [1.807, 2.05) is 12.3 Å². The van der Waals surface area contributed by atoms with Crippen LogP contribution < -0.4 is 0 Å². The molecule has 22 heavy (non-hydrogen) atoms. The van der Waals surface area contributed by atoms with Crippen molar-refractivity contribution >= 4 is 10.0 Å². The first-order valence-corrected chi connectivity index (χ1v) is 9.27. The SMILES string of the molecule is CC(c1cccnc1)N1CCN(CCS(=O)(=O)N(C)C)CC1. The topological polar surface area (TPSA) is 56.8 Å². The molecule has 1 aliphatic heterocycles. The molecule has 1 fully saturated rings. The Bertz CT molecular complexity index is 554. The summed E-state index contributed by atoms with van der Waals surface area (Å²) < 4.78 is 24.9. The van der Waals surface area contributed by atoms with Crippen molar-refractivity contribution in [2.24, 2.45) is 0 Å². The molecule has 1 aromatic rings. The van der Waals surface area contributed by atoms with Crippen LogP contribution in [0.2, 0.25) is 0 Å². The molecule has 1 aromatic heterocycles. The highest BCUT2D eigenvalue weighted by molar-refractivity contribution is 7.89. The van der Waals surface area contributed by atoms with E-state index in [0.717, 1.165) is 26.2 Å². The van der Waals surface area contributed by atoms with Gasteiger partial charge >= 0.3 is 0 Å². The zero-order valence-electron chi connectivity index (χ0n) is 13.6. The second-order valence-corrected chi connectivity index (χ2v) is 8.24. The van der Waals surface area contributed by atoms with Crippen LogP contribution in [0, 0.1) is 0 Å². The fourth-order valence-corrected chi connectivity index (χ4v) is 3.49. The molecule has 0 saturated carbocycles. The van der Waals surface area contributed by atoms with Gasteiger partial charge in [-0.2, -0.15) is 0 Å². The van der Waals surface area contributed by atoms with Gasteiger partial charge in [-0.25, -0.2) is 12.7 Å². The predicted molar refractivity (Wildman–Crippen MR) is 88.1 cm³/mol. The molecule has 0 aliphatic carbocycles. The summed E-state index contributed by atoms with van der Waals surface area (Å²) in [6, 6.07) is 4.42. The molecule has 0 aromatic carbocycles. The van der Waals surface area contributed by atoms with E-state index in [1.165, 1.54) is 9.87 Å². The molecular formula is C15H26N4O2S. The number of hydrogen-bond donors (Lipinski definition) is 0. The van der Waals surface area contributed by atoms with Gasteiger partial charge in [-0.05, 0) is 18.6 Å². The normalized spacial score (nSPS) is 19.5. The summed E-state index contributed by atoms with van der Waals surface area (Å²) in [6.45, 7) is 6.54. The molecule has 2 rings (SSSR count). The number of sulfonamides is 1. The Balaban J connectivity index is 1.81. The Kier molecular flexibility index (Phi) is 5.91. The average molecular weight is 326 g/mol. The lowest BCUT2D eigenvalue weighted by atomic mass is 10.1. The van der Waals surface area contributed by atoms with Gasteiger partial charge < -0.3 is 0 Å². The van der Waals surface area contributed by atoms with Crippen molar-refractivity contribution in [2.45, 2.75) is 13.0 Å². The van der Waals surface area contributed by atoms with E-state index < -0.39 is 10.0 Å². The minimum atomic E-state index is -3.10. The molecule has 0 N–H and O–H groups in total. The number of rotatable bonds is 6. The Morgan fingerprint density at radius 2 is 1.95 bits per heavy atom. The smallest absolute Gasteiger partial charge is 0.214 e. The van der Waals surface area contributed by atoms with Crippen molar-refractivity contribution in [1.82, 2.24) is 19.1 Å². The molecular weight excluding hydrogens is 300 g/mol. The molecule has 7 heteroatoms. The Morgan fingerprint density at radius 3 is 2.50 bits per heavy atom. The van der Waals surface area contributed by atoms with Crippen LogP contribution in [0.25, 0.3) is 0 Å². The lowest BCUT2D eigenvalue weighted by Gasteiger charge is -2.38. The van der Waals surface area contributed by atoms with Gasteiger partial charge in [0.05, 0.1) is 5.75 Å². The van der Waals surface area contributed by atoms with Gasteiger partial charge in [0.2, 0.25) is 10.0 Å². The Hall–Kier alpha value is -1.02. The van der Waals surface area contributed by atoms with E-state index in [2.05, 4.69) is 27.8 Å². The number of nitrogens with zero attached hydrogens (tertiary/aromatic N) is 4. The van der Waals surface area contributed by atoms with Gasteiger partial charge in [0.1, 0.15) is 0 Å². The highest BCUT2D eigenvalue weighted by Gasteiger charge is 2.23. The van der Waals surface area contributed by atoms with Crippen molar-refractivity contribution < 1.29 is 8.42 Å². The fourth-order valence-electron chi connectivity index (χ4n) is 2.64. The summed E-state index contributed by atoms with van der Waals surface area (Å²) in [7, 11) is 0.0717. The van der Waals surface area contributed by atoms with Crippen molar-refractivity contribution in [2.75, 3.05) is 52.6 Å². The van der Waals surface area contributed by atoms with Crippen LogP contribution >= 0.6 is 0 Å². The maximum atomic E-state index is 11.8. The van der Waals surface area contributed by atoms with E-state index >= 15 is 0 Å². The highest BCUT2D eigenvalue weighted by atomic mass is 32.2. The molecule has 1 aliphatic rings. The zero-order chi connectivity index (χ0) is 16.2. The first kappa shape index (κ1) is 17.3. The lowest BCUT2D eigenvalue weighted by molar-refractivity contribution is 0.106. The maximum Gasteiger partial charge on any atom is 0.214 e. The minimum absolute atomic E-state index is 0.193. The van der Waals surface area contributed by atoms with Gasteiger partial charge in [0.15, 0.2) is 0 Å². The molecule has 0 amide bonds. The molecule has 0 spiro atoms. The van der Waals surface area contributed by atoms with Gasteiger partial charge in [0, 0.05) is 65.3 Å². The summed E-state index contributed by atoms with van der Waals surface area (Å²) in [5, 5.41) is 0. The van der Waals surface area contributed by atoms with Gasteiger partial charge in [-0.15, -0.1) is 0 Å². The summed E-state index contributed by atoms with van der Waals surface area (Å²) in [6.07, 6.45) is 3.71. The predicted octanol–water partition coefficient (Wildman–Crippen LogP) is 0.652. The molecule has 1 atom stereocenters. The zero-order valence-corrected chi connectivity index (χ0v) is 14.5. The second-order valence-electron chi connectivity index (χ2n) is 5.94. The first-order valence-electron chi connectivity index (χ1n) is 7.66. The van der Waals surface area contributed by atoms with E-state index in [1.54, 1.807) is 20.3 Å². The van der Waals surface area contributed by atoms with Gasteiger partial charge in [0.25, 0.3) is 0 Å². The summed E-state index contributed by atoms with van der Waals surface area (Å²) in [5.74, 6) is 0.193. The van der Waals surface area contributed by atoms with Crippen LogP contribution in [0.1, 0.15) is 18.5 Å². The summed E-state index contributed by atoms with van der Waals surface area (Å²) in [4.78, 5) is 8.83. The standard InChI is InChI=1S/C15H26N4O2S/c1-14(15-5-4-6-16-13-15)19-9-7-18(8-10-19)11-12-22(20,21)17(2)3/h4-6,13-14H,7-12H2,1-3H3. The molecule has 124 valence electrons. The van der Waals surface area contributed by atoms with Crippen LogP contribution in [-0.4, -0.2) is 80.1 Å². The number of pyridine rings is 1. The monoisotopic (exact) mass is 326 g/mol. The van der Waals surface area contributed by atoms with Crippen molar-refractivity contribution in [3.05, 3.63) is 30.1 Å². The quantitative estimate of drug-likeness (QED) is 0.768. The van der Waals surface area contributed by atoms with Crippen LogP contribution in [-0.2, 0) is 10.0 Å². The third kappa shape index (κ3) is 4.49. The molecule has 2 heterocycles. The fraction of sp³-hybridized carbons (Fsp3) is 0.667. The molecule has 0 bridgehead atoms. The van der Waals surface area contributed by atoms with Crippen molar-refractivity contribution in [3.8, 4) is 0 Å². The maximum absolute atomic E-state index is 11.8. The van der Waals surface area contributed by atoms with E-state index in [9.17, 15) is 8.42 Å². The second kappa shape index (κ2) is 7.50. The number of aromatic nitrogens is 1. The van der Waals surface area contributed by atoms with Crippen LogP contribution in [0.15, 0.2) is 24.5 Å². The lowest BCUT2D eigenvalue weighted by Crippen LogP contribution is -2.48. The van der Waals surface area contributed by atoms with Crippen LogP contribution in [0.3, 0.4) is 0 Å². The number of hydrogen-bond acceptors (Lipinski definition) is 5. The van der Waals surface area contributed by atoms with Gasteiger partial charge in [-0.1, -0.05) is 6.07 Å². The Labute approximate surface area is 133 Å². The first-order chi connectivity index (χ1) is 10.4.